The maximum absolute atomic E-state index is 12.5. The number of aryl methyl sites for hydroxylation is 1. The van der Waals surface area contributed by atoms with Gasteiger partial charge in [0.05, 0.1) is 11.4 Å². The number of piperazine rings is 1. The number of rotatable bonds is 3. The summed E-state index contributed by atoms with van der Waals surface area (Å²) in [5.74, 6) is 0.384. The molecule has 24 heavy (non-hydrogen) atoms. The molecule has 0 bridgehead atoms. The van der Waals surface area contributed by atoms with Gasteiger partial charge in [0.25, 0.3) is 5.91 Å². The third kappa shape index (κ3) is 3.81. The number of amides is 2. The summed E-state index contributed by atoms with van der Waals surface area (Å²) in [5.41, 5.74) is 1.06. The molecule has 2 saturated heterocycles. The average Bonchev–Trinajstić information content (AvgIpc) is 3.01. The molecule has 1 aromatic rings. The highest BCUT2D eigenvalue weighted by atomic mass is 32.1. The zero-order chi connectivity index (χ0) is 17.1. The van der Waals surface area contributed by atoms with Crippen molar-refractivity contribution in [3.05, 3.63) is 21.9 Å². The quantitative estimate of drug-likeness (QED) is 0.840. The molecule has 1 aromatic heterocycles. The number of carbonyl (C=O) groups is 2. The first-order valence-electron chi connectivity index (χ1n) is 8.91. The van der Waals surface area contributed by atoms with E-state index < -0.39 is 0 Å². The lowest BCUT2D eigenvalue weighted by Crippen LogP contribution is -2.53. The van der Waals surface area contributed by atoms with Crippen LogP contribution in [-0.2, 0) is 4.79 Å². The largest absolute Gasteiger partial charge is 0.339 e. The fraction of sp³-hybridized carbons (Fsp3) is 0.667. The Labute approximate surface area is 148 Å². The van der Waals surface area contributed by atoms with Crippen LogP contribution in [0.1, 0.15) is 41.4 Å². The molecule has 0 aromatic carbocycles. The second kappa shape index (κ2) is 7.66. The van der Waals surface area contributed by atoms with Gasteiger partial charge in [-0.3, -0.25) is 14.5 Å². The van der Waals surface area contributed by atoms with E-state index in [0.717, 1.165) is 42.9 Å². The topological polar surface area (TPSA) is 43.9 Å². The van der Waals surface area contributed by atoms with E-state index in [0.29, 0.717) is 25.7 Å². The number of piperidine rings is 1. The molecule has 0 aliphatic carbocycles. The Kier molecular flexibility index (Phi) is 5.56. The highest BCUT2D eigenvalue weighted by Gasteiger charge is 2.28. The van der Waals surface area contributed by atoms with Gasteiger partial charge < -0.3 is 9.80 Å². The summed E-state index contributed by atoms with van der Waals surface area (Å²) >= 11 is 1.52. The van der Waals surface area contributed by atoms with Crippen LogP contribution >= 0.6 is 11.3 Å². The molecule has 0 radical (unpaired) electrons. The summed E-state index contributed by atoms with van der Waals surface area (Å²) in [7, 11) is 0. The fourth-order valence-electron chi connectivity index (χ4n) is 3.60. The molecule has 132 valence electrons. The molecule has 0 N–H and O–H groups in total. The highest BCUT2D eigenvalue weighted by Crippen LogP contribution is 2.20. The van der Waals surface area contributed by atoms with Crippen molar-refractivity contribution in [3.8, 4) is 0 Å². The molecule has 5 nitrogen and oxygen atoms in total. The van der Waals surface area contributed by atoms with Crippen LogP contribution in [0.15, 0.2) is 11.4 Å². The van der Waals surface area contributed by atoms with Crippen LogP contribution < -0.4 is 0 Å². The molecule has 3 rings (SSSR count). The summed E-state index contributed by atoms with van der Waals surface area (Å²) in [6.07, 6.45) is 3.47. The zero-order valence-electron chi connectivity index (χ0n) is 14.7. The molecular weight excluding hydrogens is 322 g/mol. The van der Waals surface area contributed by atoms with E-state index >= 15 is 0 Å². The number of nitrogens with zero attached hydrogens (tertiary/aromatic N) is 3. The average molecular weight is 350 g/mol. The standard InChI is InChI=1S/C18H27N3O2S/c1-14-6-12-24-17(14)18(23)20-10-8-19(9-11-20)13-16(22)21-7-4-3-5-15(21)2/h6,12,15H,3-5,7-11,13H2,1-2H3. The van der Waals surface area contributed by atoms with E-state index in [-0.39, 0.29) is 11.8 Å². The number of carbonyl (C=O) groups excluding carboxylic acids is 2. The van der Waals surface area contributed by atoms with Gasteiger partial charge in [-0.1, -0.05) is 0 Å². The van der Waals surface area contributed by atoms with Gasteiger partial charge in [-0.15, -0.1) is 11.3 Å². The van der Waals surface area contributed by atoms with Gasteiger partial charge in [0.15, 0.2) is 0 Å². The van der Waals surface area contributed by atoms with Gasteiger partial charge in [0.2, 0.25) is 5.91 Å². The molecule has 2 aliphatic rings. The van der Waals surface area contributed by atoms with Gasteiger partial charge >= 0.3 is 0 Å². The molecule has 2 fully saturated rings. The van der Waals surface area contributed by atoms with Gasteiger partial charge in [-0.2, -0.15) is 0 Å². The van der Waals surface area contributed by atoms with Crippen molar-refractivity contribution in [3.63, 3.8) is 0 Å². The van der Waals surface area contributed by atoms with Crippen molar-refractivity contribution >= 4 is 23.2 Å². The number of hydrogen-bond acceptors (Lipinski definition) is 4. The molecule has 6 heteroatoms. The van der Waals surface area contributed by atoms with E-state index in [1.54, 1.807) is 0 Å². The lowest BCUT2D eigenvalue weighted by Gasteiger charge is -2.38. The summed E-state index contributed by atoms with van der Waals surface area (Å²) in [6.45, 7) is 8.50. The van der Waals surface area contributed by atoms with E-state index in [9.17, 15) is 9.59 Å². The Morgan fingerprint density at radius 3 is 2.54 bits per heavy atom. The van der Waals surface area contributed by atoms with Crippen molar-refractivity contribution in [1.29, 1.82) is 0 Å². The summed E-state index contributed by atoms with van der Waals surface area (Å²) in [4.78, 5) is 32.1. The predicted molar refractivity (Wildman–Crippen MR) is 96.4 cm³/mol. The summed E-state index contributed by atoms with van der Waals surface area (Å²) in [5, 5.41) is 1.97. The van der Waals surface area contributed by atoms with Crippen LogP contribution in [0.25, 0.3) is 0 Å². The van der Waals surface area contributed by atoms with Crippen LogP contribution in [0.2, 0.25) is 0 Å². The smallest absolute Gasteiger partial charge is 0.264 e. The molecule has 3 heterocycles. The third-order valence-electron chi connectivity index (χ3n) is 5.20. The van der Waals surface area contributed by atoms with E-state index in [2.05, 4.69) is 11.8 Å². The molecule has 1 atom stereocenters. The van der Waals surface area contributed by atoms with E-state index in [4.69, 9.17) is 0 Å². The summed E-state index contributed by atoms with van der Waals surface area (Å²) in [6, 6.07) is 2.36. The minimum Gasteiger partial charge on any atom is -0.339 e. The monoisotopic (exact) mass is 349 g/mol. The maximum atomic E-state index is 12.5. The lowest BCUT2D eigenvalue weighted by atomic mass is 10.0. The van der Waals surface area contributed by atoms with Gasteiger partial charge in [-0.25, -0.2) is 0 Å². The Balaban J connectivity index is 1.49. The molecule has 0 saturated carbocycles. The minimum absolute atomic E-state index is 0.137. The van der Waals surface area contributed by atoms with Gasteiger partial charge in [-0.05, 0) is 50.1 Å². The molecule has 2 amide bonds. The molecule has 2 aliphatic heterocycles. The second-order valence-corrected chi connectivity index (χ2v) is 7.85. The number of hydrogen-bond donors (Lipinski definition) is 0. The van der Waals surface area contributed by atoms with Gasteiger partial charge in [0.1, 0.15) is 0 Å². The normalized spacial score (nSPS) is 22.7. The van der Waals surface area contributed by atoms with Crippen LogP contribution in [0.5, 0.6) is 0 Å². The third-order valence-corrected chi connectivity index (χ3v) is 6.20. The zero-order valence-corrected chi connectivity index (χ0v) is 15.5. The highest BCUT2D eigenvalue weighted by molar-refractivity contribution is 7.12. The molecule has 1 unspecified atom stereocenters. The Bertz CT molecular complexity index is 593. The van der Waals surface area contributed by atoms with Gasteiger partial charge in [0, 0.05) is 38.8 Å². The SMILES string of the molecule is Cc1ccsc1C(=O)N1CCN(CC(=O)N2CCCCC2C)CC1. The van der Waals surface area contributed by atoms with Crippen molar-refractivity contribution < 1.29 is 9.59 Å². The Morgan fingerprint density at radius 1 is 1.17 bits per heavy atom. The fourth-order valence-corrected chi connectivity index (χ4v) is 4.49. The molecule has 0 spiro atoms. The van der Waals surface area contributed by atoms with Crippen LogP contribution in [0.4, 0.5) is 0 Å². The first kappa shape index (κ1) is 17.4. The summed E-state index contributed by atoms with van der Waals surface area (Å²) < 4.78 is 0. The van der Waals surface area contributed by atoms with E-state index in [1.807, 2.05) is 28.2 Å². The predicted octanol–water partition coefficient (Wildman–Crippen LogP) is 2.22. The molecular formula is C18H27N3O2S. The first-order chi connectivity index (χ1) is 11.6. The van der Waals surface area contributed by atoms with Crippen LogP contribution in [-0.4, -0.2) is 71.8 Å². The van der Waals surface area contributed by atoms with E-state index in [1.165, 1.54) is 17.8 Å². The van der Waals surface area contributed by atoms with Crippen molar-refractivity contribution in [2.75, 3.05) is 39.3 Å². The van der Waals surface area contributed by atoms with Crippen LogP contribution in [0, 0.1) is 6.92 Å². The van der Waals surface area contributed by atoms with Crippen LogP contribution in [0.3, 0.4) is 0 Å². The second-order valence-electron chi connectivity index (χ2n) is 6.93. The van der Waals surface area contributed by atoms with Crippen molar-refractivity contribution in [2.24, 2.45) is 0 Å². The van der Waals surface area contributed by atoms with Crippen molar-refractivity contribution in [2.45, 2.75) is 39.2 Å². The Morgan fingerprint density at radius 2 is 1.92 bits per heavy atom. The number of thiophene rings is 1. The van der Waals surface area contributed by atoms with Crippen molar-refractivity contribution in [1.82, 2.24) is 14.7 Å². The minimum atomic E-state index is 0.137. The Hall–Kier alpha value is -1.40. The maximum Gasteiger partial charge on any atom is 0.264 e. The number of likely N-dealkylation sites (tertiary alicyclic amines) is 1. The first-order valence-corrected chi connectivity index (χ1v) is 9.79. The lowest BCUT2D eigenvalue weighted by molar-refractivity contribution is -0.136.